The maximum absolute atomic E-state index is 12.7. The van der Waals surface area contributed by atoms with Gasteiger partial charge in [0.1, 0.15) is 17.9 Å². The van der Waals surface area contributed by atoms with Crippen molar-refractivity contribution in [3.63, 3.8) is 0 Å². The molecule has 4 rings (SSSR count). The topological polar surface area (TPSA) is 104 Å². The lowest BCUT2D eigenvalue weighted by atomic mass is 9.91. The highest BCUT2D eigenvalue weighted by atomic mass is 35.5. The maximum Gasteiger partial charge on any atom is 0.405 e. The molecule has 0 atom stereocenters. The summed E-state index contributed by atoms with van der Waals surface area (Å²) in [6.45, 7) is 6.12. The van der Waals surface area contributed by atoms with Crippen LogP contribution in [0.4, 0.5) is 36.3 Å². The second-order valence-corrected chi connectivity index (χ2v) is 10.1. The largest absolute Gasteiger partial charge is 0.405 e. The van der Waals surface area contributed by atoms with Gasteiger partial charge in [-0.25, -0.2) is 4.98 Å². The molecule has 0 saturated carbocycles. The first-order chi connectivity index (χ1) is 17.4. The van der Waals surface area contributed by atoms with Crippen molar-refractivity contribution in [1.82, 2.24) is 25.6 Å². The minimum atomic E-state index is -4.57. The van der Waals surface area contributed by atoms with E-state index in [0.717, 1.165) is 30.9 Å². The Morgan fingerprint density at radius 3 is 2.59 bits per heavy atom. The van der Waals surface area contributed by atoms with Crippen molar-refractivity contribution in [3.05, 3.63) is 64.1 Å². The first-order valence-electron chi connectivity index (χ1n) is 11.6. The fraction of sp³-hybridized carbons (Fsp3) is 0.360. The van der Waals surface area contributed by atoms with Crippen molar-refractivity contribution in [3.8, 4) is 0 Å². The second kappa shape index (κ2) is 10.5. The molecule has 0 bridgehead atoms. The van der Waals surface area contributed by atoms with Crippen molar-refractivity contribution in [2.75, 3.05) is 23.7 Å². The van der Waals surface area contributed by atoms with Gasteiger partial charge in [0, 0.05) is 35.7 Å². The number of alkyl halides is 3. The first kappa shape index (κ1) is 26.6. The van der Waals surface area contributed by atoms with Crippen molar-refractivity contribution >= 4 is 40.6 Å². The molecule has 2 aromatic heterocycles. The van der Waals surface area contributed by atoms with E-state index in [2.05, 4.69) is 30.9 Å². The summed E-state index contributed by atoms with van der Waals surface area (Å²) in [6, 6.07) is 7.62. The molecule has 1 aromatic carbocycles. The zero-order chi connectivity index (χ0) is 26.8. The predicted octanol–water partition coefficient (Wildman–Crippen LogP) is 5.25. The lowest BCUT2D eigenvalue weighted by molar-refractivity contribution is -0.123. The van der Waals surface area contributed by atoms with E-state index in [-0.39, 0.29) is 27.8 Å². The Labute approximate surface area is 217 Å². The number of aromatic nitrogens is 3. The minimum absolute atomic E-state index is 0.00714. The summed E-state index contributed by atoms with van der Waals surface area (Å²) in [5.74, 6) is -0.828. The summed E-state index contributed by atoms with van der Waals surface area (Å²) < 4.78 is 38.1. The Hall–Kier alpha value is -3.44. The van der Waals surface area contributed by atoms with E-state index >= 15 is 0 Å². The molecule has 0 spiro atoms. The van der Waals surface area contributed by atoms with Gasteiger partial charge in [-0.15, -0.1) is 0 Å². The molecule has 1 amide bonds. The molecule has 8 nitrogen and oxygen atoms in total. The molecule has 0 radical (unpaired) electrons. The average Bonchev–Trinajstić information content (AvgIpc) is 2.83. The maximum atomic E-state index is 12.7. The van der Waals surface area contributed by atoms with Gasteiger partial charge in [-0.3, -0.25) is 9.78 Å². The Morgan fingerprint density at radius 1 is 1.08 bits per heavy atom. The van der Waals surface area contributed by atoms with E-state index in [1.54, 1.807) is 6.07 Å². The normalized spacial score (nSPS) is 13.6. The number of halogens is 4. The monoisotopic (exact) mass is 533 g/mol. The zero-order valence-corrected chi connectivity index (χ0v) is 21.3. The molecule has 12 heteroatoms. The molecule has 0 unspecified atom stereocenters. The van der Waals surface area contributed by atoms with Gasteiger partial charge in [-0.2, -0.15) is 18.2 Å². The Kier molecular flexibility index (Phi) is 7.56. The molecule has 196 valence electrons. The number of benzene rings is 1. The van der Waals surface area contributed by atoms with Gasteiger partial charge in [-0.1, -0.05) is 38.4 Å². The van der Waals surface area contributed by atoms with Gasteiger partial charge in [-0.05, 0) is 42.3 Å². The average molecular weight is 534 g/mol. The van der Waals surface area contributed by atoms with Crippen LogP contribution in [0.3, 0.4) is 0 Å². The minimum Gasteiger partial charge on any atom is -0.343 e. The second-order valence-electron chi connectivity index (χ2n) is 9.71. The molecule has 3 heterocycles. The summed E-state index contributed by atoms with van der Waals surface area (Å²) in [4.78, 5) is 25.6. The fourth-order valence-electron chi connectivity index (χ4n) is 3.74. The molecular weight excluding hydrogens is 507 g/mol. The third-order valence-electron chi connectivity index (χ3n) is 5.71. The number of nitrogens with zero attached hydrogens (tertiary/aromatic N) is 3. The van der Waals surface area contributed by atoms with E-state index in [0.29, 0.717) is 5.69 Å². The Morgan fingerprint density at radius 2 is 1.86 bits per heavy atom. The van der Waals surface area contributed by atoms with Crippen LogP contribution in [0.1, 0.15) is 48.0 Å². The number of nitrogens with one attached hydrogen (secondary N) is 4. The molecule has 3 aromatic rings. The van der Waals surface area contributed by atoms with Crippen molar-refractivity contribution in [1.29, 1.82) is 0 Å². The first-order valence-corrected chi connectivity index (χ1v) is 12.0. The van der Waals surface area contributed by atoms with Crippen LogP contribution in [0.15, 0.2) is 36.7 Å². The third kappa shape index (κ3) is 6.86. The van der Waals surface area contributed by atoms with Crippen LogP contribution >= 0.6 is 11.6 Å². The predicted molar refractivity (Wildman–Crippen MR) is 137 cm³/mol. The molecule has 1 aliphatic heterocycles. The third-order valence-corrected chi connectivity index (χ3v) is 6.01. The van der Waals surface area contributed by atoms with Gasteiger partial charge in [0.25, 0.3) is 5.91 Å². The number of anilines is 4. The van der Waals surface area contributed by atoms with Gasteiger partial charge in [0.2, 0.25) is 5.95 Å². The van der Waals surface area contributed by atoms with E-state index in [9.17, 15) is 18.0 Å². The zero-order valence-electron chi connectivity index (χ0n) is 20.6. The summed E-state index contributed by atoms with van der Waals surface area (Å²) in [7, 11) is 0. The van der Waals surface area contributed by atoms with Crippen molar-refractivity contribution < 1.29 is 18.0 Å². The van der Waals surface area contributed by atoms with E-state index in [1.165, 1.54) is 23.5 Å². The Balaban J connectivity index is 1.67. The standard InChI is InChI=1S/C25H27ClF3N7O/c1-24(2,3)20-9-19(18(26)12-31-20)35-21-17(22(37)33-13-25(27,28)29)11-32-23(36-21)34-16-5-4-15-10-30-7-6-14(15)8-16/h4-5,8-9,11-12,30H,6-7,10,13H2,1-3H3,(H,33,37)(H2,31,32,34,35,36). The van der Waals surface area contributed by atoms with Gasteiger partial charge in [0.15, 0.2) is 0 Å². The highest BCUT2D eigenvalue weighted by Gasteiger charge is 2.29. The highest BCUT2D eigenvalue weighted by molar-refractivity contribution is 6.33. The molecule has 0 fully saturated rings. The smallest absolute Gasteiger partial charge is 0.343 e. The van der Waals surface area contributed by atoms with Gasteiger partial charge < -0.3 is 21.3 Å². The number of amides is 1. The molecule has 0 saturated heterocycles. The number of hydrogen-bond donors (Lipinski definition) is 4. The molecule has 37 heavy (non-hydrogen) atoms. The van der Waals surface area contributed by atoms with E-state index < -0.39 is 18.6 Å². The van der Waals surface area contributed by atoms with Gasteiger partial charge >= 0.3 is 6.18 Å². The molecule has 4 N–H and O–H groups in total. The lowest BCUT2D eigenvalue weighted by Gasteiger charge is -2.20. The van der Waals surface area contributed by atoms with E-state index in [1.807, 2.05) is 44.3 Å². The molecule has 0 aliphatic carbocycles. The molecular formula is C25H27ClF3N7O. The number of rotatable bonds is 6. The number of carbonyl (C=O) groups is 1. The lowest BCUT2D eigenvalue weighted by Crippen LogP contribution is -2.34. The van der Waals surface area contributed by atoms with Crippen molar-refractivity contribution in [2.45, 2.75) is 45.3 Å². The SMILES string of the molecule is CC(C)(C)c1cc(Nc2nc(Nc3ccc4c(c3)CCNC4)ncc2C(=O)NCC(F)(F)F)c(Cl)cn1. The number of fused-ring (bicyclic) bond motifs is 1. The number of carbonyl (C=O) groups excluding carboxylic acids is 1. The number of pyridine rings is 1. The Bertz CT molecular complexity index is 1310. The summed E-state index contributed by atoms with van der Waals surface area (Å²) >= 11 is 6.35. The summed E-state index contributed by atoms with van der Waals surface area (Å²) in [5, 5.41) is 11.5. The van der Waals surface area contributed by atoms with E-state index in [4.69, 9.17) is 11.6 Å². The highest BCUT2D eigenvalue weighted by Crippen LogP contribution is 2.31. The van der Waals surface area contributed by atoms with Crippen LogP contribution in [0.25, 0.3) is 0 Å². The van der Waals surface area contributed by atoms with Gasteiger partial charge in [0.05, 0.1) is 10.7 Å². The van der Waals surface area contributed by atoms with Crippen molar-refractivity contribution in [2.24, 2.45) is 0 Å². The van der Waals surface area contributed by atoms with Crippen LogP contribution in [-0.2, 0) is 18.4 Å². The summed E-state index contributed by atoms with van der Waals surface area (Å²) in [6.07, 6.45) is -1.04. The molecule has 1 aliphatic rings. The van der Waals surface area contributed by atoms with Crippen LogP contribution in [0.5, 0.6) is 0 Å². The van der Waals surface area contributed by atoms with Crippen LogP contribution in [-0.4, -0.2) is 40.1 Å². The van der Waals surface area contributed by atoms with Crippen LogP contribution < -0.4 is 21.3 Å². The quantitative estimate of drug-likeness (QED) is 0.343. The van der Waals surface area contributed by atoms with Crippen LogP contribution in [0, 0.1) is 0 Å². The van der Waals surface area contributed by atoms with Crippen LogP contribution in [0.2, 0.25) is 5.02 Å². The fourth-order valence-corrected chi connectivity index (χ4v) is 3.89. The summed E-state index contributed by atoms with van der Waals surface area (Å²) in [5.41, 5.74) is 3.81. The number of hydrogen-bond acceptors (Lipinski definition) is 7.